The monoisotopic (exact) mass is 272 g/mol. The van der Waals surface area contributed by atoms with E-state index in [1.165, 1.54) is 18.4 Å². The van der Waals surface area contributed by atoms with E-state index >= 15 is 0 Å². The molecule has 0 unspecified atom stereocenters. The number of benzene rings is 1. The lowest BCUT2D eigenvalue weighted by atomic mass is 9.94. The number of amides is 1. The normalized spacial score (nSPS) is 25.9. The molecule has 3 rings (SSSR count). The first-order valence-corrected chi connectivity index (χ1v) is 7.78. The molecule has 0 spiro atoms. The Hall–Kier alpha value is -1.35. The fraction of sp³-hybridized carbons (Fsp3) is 0.588. The van der Waals surface area contributed by atoms with Crippen LogP contribution < -0.4 is 5.32 Å². The van der Waals surface area contributed by atoms with Gasteiger partial charge in [0, 0.05) is 24.7 Å². The maximum atomic E-state index is 12.6. The highest BCUT2D eigenvalue weighted by Crippen LogP contribution is 2.26. The van der Waals surface area contributed by atoms with Crippen LogP contribution in [0.15, 0.2) is 24.3 Å². The molecule has 2 aliphatic rings. The topological polar surface area (TPSA) is 32.3 Å². The van der Waals surface area contributed by atoms with Crippen molar-refractivity contribution in [3.05, 3.63) is 35.4 Å². The molecule has 0 aromatic heterocycles. The fourth-order valence-electron chi connectivity index (χ4n) is 3.41. The Balaban J connectivity index is 1.69. The van der Waals surface area contributed by atoms with Gasteiger partial charge in [-0.25, -0.2) is 0 Å². The number of carbonyl (C=O) groups excluding carboxylic acids is 1. The van der Waals surface area contributed by atoms with Gasteiger partial charge in [-0.15, -0.1) is 0 Å². The molecule has 2 aliphatic heterocycles. The van der Waals surface area contributed by atoms with E-state index in [2.05, 4.69) is 31.3 Å². The third-order valence-corrected chi connectivity index (χ3v) is 4.71. The van der Waals surface area contributed by atoms with Crippen LogP contribution in [0.3, 0.4) is 0 Å². The number of nitrogens with zero attached hydrogens (tertiary/aromatic N) is 1. The first kappa shape index (κ1) is 13.6. The second-order valence-electron chi connectivity index (χ2n) is 6.45. The summed E-state index contributed by atoms with van der Waals surface area (Å²) in [5, 5.41) is 3.55. The van der Waals surface area contributed by atoms with Gasteiger partial charge >= 0.3 is 0 Å². The molecule has 1 aromatic carbocycles. The molecule has 3 nitrogen and oxygen atoms in total. The van der Waals surface area contributed by atoms with E-state index in [0.717, 1.165) is 25.2 Å². The molecule has 108 valence electrons. The summed E-state index contributed by atoms with van der Waals surface area (Å²) in [6.45, 7) is 7.24. The number of hydrogen-bond donors (Lipinski definition) is 1. The number of carbonyl (C=O) groups is 1. The average Bonchev–Trinajstić information content (AvgIpc) is 2.90. The van der Waals surface area contributed by atoms with Crippen molar-refractivity contribution in [3.8, 4) is 0 Å². The van der Waals surface area contributed by atoms with Gasteiger partial charge in [0.15, 0.2) is 0 Å². The van der Waals surface area contributed by atoms with Gasteiger partial charge in [0.05, 0.1) is 0 Å². The summed E-state index contributed by atoms with van der Waals surface area (Å²) in [6.07, 6.45) is 2.50. The molecule has 0 aliphatic carbocycles. The Morgan fingerprint density at radius 1 is 1.25 bits per heavy atom. The van der Waals surface area contributed by atoms with Gasteiger partial charge in [-0.3, -0.25) is 4.79 Å². The van der Waals surface area contributed by atoms with Crippen molar-refractivity contribution in [1.82, 2.24) is 10.2 Å². The molecule has 2 atom stereocenters. The maximum absolute atomic E-state index is 12.6. The van der Waals surface area contributed by atoms with Gasteiger partial charge in [0.1, 0.15) is 0 Å². The minimum atomic E-state index is 0.191. The summed E-state index contributed by atoms with van der Waals surface area (Å²) >= 11 is 0. The SMILES string of the molecule is CC(C)c1ccc(C(=O)N2C[C@@H]3CCCN[C@@H]3C2)cc1. The maximum Gasteiger partial charge on any atom is 0.253 e. The average molecular weight is 272 g/mol. The van der Waals surface area contributed by atoms with Gasteiger partial charge in [0.2, 0.25) is 0 Å². The molecule has 3 heteroatoms. The van der Waals surface area contributed by atoms with Crippen molar-refractivity contribution in [2.45, 2.75) is 38.6 Å². The van der Waals surface area contributed by atoms with Crippen LogP contribution in [0, 0.1) is 5.92 Å². The quantitative estimate of drug-likeness (QED) is 0.897. The molecule has 2 saturated heterocycles. The Morgan fingerprint density at radius 2 is 2.00 bits per heavy atom. The first-order chi connectivity index (χ1) is 9.65. The summed E-state index contributed by atoms with van der Waals surface area (Å²) in [5.41, 5.74) is 2.12. The highest BCUT2D eigenvalue weighted by molar-refractivity contribution is 5.94. The third-order valence-electron chi connectivity index (χ3n) is 4.71. The van der Waals surface area contributed by atoms with Crippen LogP contribution in [-0.2, 0) is 0 Å². The minimum Gasteiger partial charge on any atom is -0.337 e. The Bertz CT molecular complexity index is 466. The molecular formula is C17H24N2O. The molecule has 1 amide bonds. The van der Waals surface area contributed by atoms with Crippen LogP contribution in [0.25, 0.3) is 0 Å². The predicted octanol–water partition coefficient (Wildman–Crippen LogP) is 2.63. The number of fused-ring (bicyclic) bond motifs is 1. The predicted molar refractivity (Wildman–Crippen MR) is 80.9 cm³/mol. The lowest BCUT2D eigenvalue weighted by Gasteiger charge is -2.24. The van der Waals surface area contributed by atoms with Crippen molar-refractivity contribution in [1.29, 1.82) is 0 Å². The van der Waals surface area contributed by atoms with Gasteiger partial charge in [-0.2, -0.15) is 0 Å². The minimum absolute atomic E-state index is 0.191. The number of likely N-dealkylation sites (tertiary alicyclic amines) is 1. The highest BCUT2D eigenvalue weighted by Gasteiger charge is 2.36. The van der Waals surface area contributed by atoms with Crippen LogP contribution in [-0.4, -0.2) is 36.5 Å². The molecular weight excluding hydrogens is 248 g/mol. The zero-order valence-electron chi connectivity index (χ0n) is 12.4. The summed E-state index contributed by atoms with van der Waals surface area (Å²) in [5.74, 6) is 1.36. The molecule has 2 heterocycles. The summed E-state index contributed by atoms with van der Waals surface area (Å²) in [6, 6.07) is 8.64. The van der Waals surface area contributed by atoms with Crippen molar-refractivity contribution in [2.75, 3.05) is 19.6 Å². The number of hydrogen-bond acceptors (Lipinski definition) is 2. The van der Waals surface area contributed by atoms with Gasteiger partial charge in [-0.05, 0) is 48.9 Å². The van der Waals surface area contributed by atoms with E-state index in [1.807, 2.05) is 17.0 Å². The number of rotatable bonds is 2. The lowest BCUT2D eigenvalue weighted by molar-refractivity contribution is 0.0785. The zero-order chi connectivity index (χ0) is 14.1. The van der Waals surface area contributed by atoms with E-state index in [9.17, 15) is 4.79 Å². The molecule has 1 aromatic rings. The standard InChI is InChI=1S/C17H24N2O/c1-12(2)13-5-7-14(8-6-13)17(20)19-10-15-4-3-9-18-16(15)11-19/h5-8,12,15-16,18H,3-4,9-11H2,1-2H3/t15-,16+/m0/s1. The Labute approximate surface area is 121 Å². The second-order valence-corrected chi connectivity index (χ2v) is 6.45. The van der Waals surface area contributed by atoms with E-state index < -0.39 is 0 Å². The molecule has 1 N–H and O–H groups in total. The zero-order valence-corrected chi connectivity index (χ0v) is 12.4. The number of nitrogens with one attached hydrogen (secondary N) is 1. The largest absolute Gasteiger partial charge is 0.337 e. The Morgan fingerprint density at radius 3 is 2.65 bits per heavy atom. The van der Waals surface area contributed by atoms with Crippen LogP contribution >= 0.6 is 0 Å². The van der Waals surface area contributed by atoms with Crippen LogP contribution in [0.1, 0.15) is 48.5 Å². The summed E-state index contributed by atoms with van der Waals surface area (Å²) < 4.78 is 0. The summed E-state index contributed by atoms with van der Waals surface area (Å²) in [4.78, 5) is 14.6. The van der Waals surface area contributed by atoms with Crippen molar-refractivity contribution in [2.24, 2.45) is 5.92 Å². The smallest absolute Gasteiger partial charge is 0.253 e. The molecule has 20 heavy (non-hydrogen) atoms. The summed E-state index contributed by atoms with van der Waals surface area (Å²) in [7, 11) is 0. The number of piperidine rings is 1. The van der Waals surface area contributed by atoms with Crippen molar-refractivity contribution in [3.63, 3.8) is 0 Å². The van der Waals surface area contributed by atoms with Gasteiger partial charge in [-0.1, -0.05) is 26.0 Å². The van der Waals surface area contributed by atoms with Crippen LogP contribution in [0.4, 0.5) is 0 Å². The van der Waals surface area contributed by atoms with Crippen LogP contribution in [0.2, 0.25) is 0 Å². The highest BCUT2D eigenvalue weighted by atomic mass is 16.2. The Kier molecular flexibility index (Phi) is 3.79. The molecule has 2 fully saturated rings. The van der Waals surface area contributed by atoms with E-state index in [1.54, 1.807) is 0 Å². The van der Waals surface area contributed by atoms with E-state index in [-0.39, 0.29) is 5.91 Å². The van der Waals surface area contributed by atoms with Gasteiger partial charge < -0.3 is 10.2 Å². The lowest BCUT2D eigenvalue weighted by Crippen LogP contribution is -2.41. The van der Waals surface area contributed by atoms with Crippen LogP contribution in [0.5, 0.6) is 0 Å². The van der Waals surface area contributed by atoms with Crippen molar-refractivity contribution >= 4 is 5.91 Å². The molecule has 0 bridgehead atoms. The molecule has 0 saturated carbocycles. The second kappa shape index (κ2) is 5.57. The third kappa shape index (κ3) is 2.59. The first-order valence-electron chi connectivity index (χ1n) is 7.78. The fourth-order valence-corrected chi connectivity index (χ4v) is 3.41. The van der Waals surface area contributed by atoms with Gasteiger partial charge in [0.25, 0.3) is 5.91 Å². The van der Waals surface area contributed by atoms with E-state index in [0.29, 0.717) is 17.9 Å². The molecule has 0 radical (unpaired) electrons. The van der Waals surface area contributed by atoms with Crippen molar-refractivity contribution < 1.29 is 4.79 Å². The van der Waals surface area contributed by atoms with E-state index in [4.69, 9.17) is 0 Å².